The molecule has 7 heteroatoms. The standard InChI is InChI=1S/C21H29N3O2S.HI/c1-3-19-12-7-8-13-20(19)16-24-21(22-2)23-14-9-15-27(25,26)17-18-10-5-4-6-11-18;/h4-8,10-13H,3,9,14-17H2,1-2H3,(H2,22,23,24);1H. The summed E-state index contributed by atoms with van der Waals surface area (Å²) in [6.07, 6.45) is 1.53. The maximum absolute atomic E-state index is 12.2. The summed E-state index contributed by atoms with van der Waals surface area (Å²) in [5, 5.41) is 6.48. The van der Waals surface area contributed by atoms with Gasteiger partial charge >= 0.3 is 0 Å². The van der Waals surface area contributed by atoms with E-state index in [2.05, 4.69) is 34.7 Å². The molecule has 0 aliphatic rings. The summed E-state index contributed by atoms with van der Waals surface area (Å²) < 4.78 is 24.4. The molecule has 2 aromatic rings. The Morgan fingerprint density at radius 2 is 1.61 bits per heavy atom. The van der Waals surface area contributed by atoms with Crippen LogP contribution in [0, 0.1) is 0 Å². The van der Waals surface area contributed by atoms with E-state index in [1.165, 1.54) is 11.1 Å². The van der Waals surface area contributed by atoms with Crippen molar-refractivity contribution in [3.05, 3.63) is 71.3 Å². The van der Waals surface area contributed by atoms with Gasteiger partial charge in [0.2, 0.25) is 0 Å². The smallest absolute Gasteiger partial charge is 0.191 e. The fourth-order valence-electron chi connectivity index (χ4n) is 2.87. The molecule has 0 unspecified atom stereocenters. The largest absolute Gasteiger partial charge is 0.356 e. The lowest BCUT2D eigenvalue weighted by Gasteiger charge is -2.14. The van der Waals surface area contributed by atoms with Crippen molar-refractivity contribution in [2.45, 2.75) is 32.1 Å². The zero-order chi connectivity index (χ0) is 19.5. The molecule has 0 aliphatic heterocycles. The summed E-state index contributed by atoms with van der Waals surface area (Å²) in [6, 6.07) is 17.6. The van der Waals surface area contributed by atoms with E-state index in [-0.39, 0.29) is 35.5 Å². The van der Waals surface area contributed by atoms with E-state index in [9.17, 15) is 8.42 Å². The van der Waals surface area contributed by atoms with Crippen LogP contribution < -0.4 is 10.6 Å². The highest BCUT2D eigenvalue weighted by atomic mass is 127. The monoisotopic (exact) mass is 515 g/mol. The first kappa shape index (κ1) is 24.4. The first-order chi connectivity index (χ1) is 13.0. The van der Waals surface area contributed by atoms with Crippen LogP contribution in [-0.4, -0.2) is 33.7 Å². The molecule has 5 nitrogen and oxygen atoms in total. The van der Waals surface area contributed by atoms with Crippen molar-refractivity contribution in [3.63, 3.8) is 0 Å². The molecule has 0 aromatic heterocycles. The number of benzene rings is 2. The number of hydrogen-bond acceptors (Lipinski definition) is 3. The van der Waals surface area contributed by atoms with Crippen LogP contribution in [0.2, 0.25) is 0 Å². The van der Waals surface area contributed by atoms with Crippen molar-refractivity contribution < 1.29 is 8.42 Å². The van der Waals surface area contributed by atoms with Crippen molar-refractivity contribution in [1.29, 1.82) is 0 Å². The number of nitrogens with zero attached hydrogens (tertiary/aromatic N) is 1. The molecule has 0 atom stereocenters. The quantitative estimate of drug-likeness (QED) is 0.232. The molecule has 28 heavy (non-hydrogen) atoms. The van der Waals surface area contributed by atoms with Crippen LogP contribution in [0.5, 0.6) is 0 Å². The van der Waals surface area contributed by atoms with Crippen LogP contribution in [0.1, 0.15) is 30.0 Å². The Balaban J connectivity index is 0.00000392. The van der Waals surface area contributed by atoms with Gasteiger partial charge in [0, 0.05) is 20.1 Å². The number of aliphatic imine (C=N–C) groups is 1. The lowest BCUT2D eigenvalue weighted by Crippen LogP contribution is -2.38. The van der Waals surface area contributed by atoms with E-state index in [4.69, 9.17) is 0 Å². The number of sulfone groups is 1. The number of rotatable bonds is 9. The predicted molar refractivity (Wildman–Crippen MR) is 128 cm³/mol. The summed E-state index contributed by atoms with van der Waals surface area (Å²) in [5.41, 5.74) is 3.39. The van der Waals surface area contributed by atoms with E-state index in [0.717, 1.165) is 12.0 Å². The first-order valence-corrected chi connectivity index (χ1v) is 11.1. The van der Waals surface area contributed by atoms with Crippen molar-refractivity contribution in [3.8, 4) is 0 Å². The summed E-state index contributed by atoms with van der Waals surface area (Å²) in [5.74, 6) is 0.931. The van der Waals surface area contributed by atoms with Gasteiger partial charge in [0.25, 0.3) is 0 Å². The van der Waals surface area contributed by atoms with Crippen LogP contribution in [-0.2, 0) is 28.6 Å². The fraction of sp³-hybridized carbons (Fsp3) is 0.381. The maximum Gasteiger partial charge on any atom is 0.191 e. The van der Waals surface area contributed by atoms with Gasteiger partial charge in [0.15, 0.2) is 15.8 Å². The third kappa shape index (κ3) is 8.60. The summed E-state index contributed by atoms with van der Waals surface area (Å²) in [6.45, 7) is 3.39. The number of guanidine groups is 1. The van der Waals surface area contributed by atoms with Gasteiger partial charge in [-0.3, -0.25) is 4.99 Å². The average Bonchev–Trinajstić information content (AvgIpc) is 2.68. The van der Waals surface area contributed by atoms with Crippen molar-refractivity contribution in [2.24, 2.45) is 4.99 Å². The summed E-state index contributed by atoms with van der Waals surface area (Å²) >= 11 is 0. The van der Waals surface area contributed by atoms with E-state index >= 15 is 0 Å². The van der Waals surface area contributed by atoms with Crippen LogP contribution in [0.4, 0.5) is 0 Å². The van der Waals surface area contributed by atoms with Crippen LogP contribution in [0.15, 0.2) is 59.6 Å². The van der Waals surface area contributed by atoms with Gasteiger partial charge < -0.3 is 10.6 Å². The SMILES string of the molecule is CCc1ccccc1CNC(=NC)NCCCS(=O)(=O)Cc1ccccc1.I. The van der Waals surface area contributed by atoms with Gasteiger partial charge in [-0.2, -0.15) is 0 Å². The molecule has 0 fully saturated rings. The first-order valence-electron chi connectivity index (χ1n) is 9.29. The van der Waals surface area contributed by atoms with Gasteiger partial charge in [-0.15, -0.1) is 24.0 Å². The normalized spacial score (nSPS) is 11.6. The fourth-order valence-corrected chi connectivity index (χ4v) is 4.30. The molecule has 0 heterocycles. The topological polar surface area (TPSA) is 70.6 Å². The van der Waals surface area contributed by atoms with Gasteiger partial charge in [-0.25, -0.2) is 8.42 Å². The Bertz CT molecular complexity index is 840. The van der Waals surface area contributed by atoms with Crippen LogP contribution >= 0.6 is 24.0 Å². The van der Waals surface area contributed by atoms with Crippen LogP contribution in [0.25, 0.3) is 0 Å². The predicted octanol–water partition coefficient (Wildman–Crippen LogP) is 3.54. The molecule has 2 aromatic carbocycles. The molecule has 0 aliphatic carbocycles. The minimum absolute atomic E-state index is 0. The second-order valence-corrected chi connectivity index (χ2v) is 8.59. The number of halogens is 1. The minimum Gasteiger partial charge on any atom is -0.356 e. The second-order valence-electron chi connectivity index (χ2n) is 6.41. The van der Waals surface area contributed by atoms with E-state index < -0.39 is 9.84 Å². The molecule has 2 N–H and O–H groups in total. The summed E-state index contributed by atoms with van der Waals surface area (Å²) in [7, 11) is -1.39. The Kier molecular flexibility index (Phi) is 11.1. The molecule has 0 saturated carbocycles. The molecule has 0 radical (unpaired) electrons. The van der Waals surface area contributed by atoms with Gasteiger partial charge in [-0.05, 0) is 29.5 Å². The van der Waals surface area contributed by atoms with E-state index in [1.807, 2.05) is 42.5 Å². The molecule has 0 spiro atoms. The molecule has 0 saturated heterocycles. The number of hydrogen-bond donors (Lipinski definition) is 2. The highest BCUT2D eigenvalue weighted by Gasteiger charge is 2.11. The molecular weight excluding hydrogens is 485 g/mol. The van der Waals surface area contributed by atoms with Crippen LogP contribution in [0.3, 0.4) is 0 Å². The number of aryl methyl sites for hydroxylation is 1. The Hall–Kier alpha value is -1.61. The second kappa shape index (κ2) is 12.8. The number of nitrogens with one attached hydrogen (secondary N) is 2. The molecule has 0 bridgehead atoms. The van der Waals surface area contributed by atoms with Gasteiger partial charge in [0.1, 0.15) is 0 Å². The molecule has 2 rings (SSSR count). The van der Waals surface area contributed by atoms with E-state index in [1.54, 1.807) is 7.05 Å². The highest BCUT2D eigenvalue weighted by molar-refractivity contribution is 14.0. The van der Waals surface area contributed by atoms with E-state index in [0.29, 0.717) is 25.5 Å². The lowest BCUT2D eigenvalue weighted by molar-refractivity contribution is 0.591. The molecular formula is C21H30IN3O2S. The Labute approximate surface area is 186 Å². The molecule has 154 valence electrons. The van der Waals surface area contributed by atoms with Gasteiger partial charge in [0.05, 0.1) is 11.5 Å². The Morgan fingerprint density at radius 1 is 0.964 bits per heavy atom. The third-order valence-electron chi connectivity index (χ3n) is 4.32. The highest BCUT2D eigenvalue weighted by Crippen LogP contribution is 2.09. The average molecular weight is 515 g/mol. The zero-order valence-corrected chi connectivity index (χ0v) is 19.7. The Morgan fingerprint density at radius 3 is 2.25 bits per heavy atom. The minimum atomic E-state index is -3.10. The maximum atomic E-state index is 12.2. The molecule has 0 amide bonds. The van der Waals surface area contributed by atoms with Crippen molar-refractivity contribution >= 4 is 39.8 Å². The van der Waals surface area contributed by atoms with Gasteiger partial charge in [-0.1, -0.05) is 61.5 Å². The lowest BCUT2D eigenvalue weighted by atomic mass is 10.1. The van der Waals surface area contributed by atoms with Crippen molar-refractivity contribution in [1.82, 2.24) is 10.6 Å². The summed E-state index contributed by atoms with van der Waals surface area (Å²) in [4.78, 5) is 4.21. The zero-order valence-electron chi connectivity index (χ0n) is 16.5. The van der Waals surface area contributed by atoms with Crippen molar-refractivity contribution in [2.75, 3.05) is 19.3 Å². The third-order valence-corrected chi connectivity index (χ3v) is 6.01.